The molecule has 11 heavy (non-hydrogen) atoms. The second kappa shape index (κ2) is 4.10. The van der Waals surface area contributed by atoms with E-state index >= 15 is 0 Å². The molecule has 2 N–H and O–H groups in total. The summed E-state index contributed by atoms with van der Waals surface area (Å²) in [5.41, 5.74) is 6.06. The Balaban J connectivity index is 2.34. The Morgan fingerprint density at radius 3 is 2.36 bits per heavy atom. The molecule has 0 amide bonds. The fourth-order valence-corrected chi connectivity index (χ4v) is 2.24. The van der Waals surface area contributed by atoms with Gasteiger partial charge in [-0.05, 0) is 24.7 Å². The Bertz CT molecular complexity index is 111. The monoisotopic (exact) mass is 155 g/mol. The summed E-state index contributed by atoms with van der Waals surface area (Å²) in [6.45, 7) is 4.54. The first-order chi connectivity index (χ1) is 5.27. The molecule has 3 atom stereocenters. The predicted molar refractivity (Wildman–Crippen MR) is 49.4 cm³/mol. The molecule has 0 bridgehead atoms. The molecule has 3 unspecified atom stereocenters. The van der Waals surface area contributed by atoms with E-state index in [0.717, 1.165) is 11.8 Å². The molecule has 0 saturated heterocycles. The second-order valence-electron chi connectivity index (χ2n) is 3.92. The molecule has 0 spiro atoms. The molecule has 1 aliphatic carbocycles. The molecule has 1 saturated carbocycles. The topological polar surface area (TPSA) is 26.0 Å². The van der Waals surface area contributed by atoms with Crippen molar-refractivity contribution in [1.29, 1.82) is 0 Å². The molecule has 1 nitrogen and oxygen atoms in total. The molecule has 0 aromatic heterocycles. The smallest absolute Gasteiger partial charge is 0.00696 e. The molecular formula is C10H21N. The average molecular weight is 155 g/mol. The number of hydrogen-bond donors (Lipinski definition) is 1. The normalized spacial score (nSPS) is 39.0. The summed E-state index contributed by atoms with van der Waals surface area (Å²) in [6, 6.07) is 0.499. The van der Waals surface area contributed by atoms with Gasteiger partial charge in [0.25, 0.3) is 0 Å². The SMILES string of the molecule is CCC1CCC(CC)C(N)C1. The highest BCUT2D eigenvalue weighted by molar-refractivity contribution is 4.81. The Morgan fingerprint density at radius 1 is 1.18 bits per heavy atom. The van der Waals surface area contributed by atoms with Crippen LogP contribution in [0.5, 0.6) is 0 Å². The lowest BCUT2D eigenvalue weighted by Crippen LogP contribution is -2.36. The molecule has 0 aliphatic heterocycles. The summed E-state index contributed by atoms with van der Waals surface area (Å²) in [4.78, 5) is 0. The van der Waals surface area contributed by atoms with Crippen molar-refractivity contribution in [3.05, 3.63) is 0 Å². The van der Waals surface area contributed by atoms with Crippen LogP contribution < -0.4 is 5.73 Å². The first kappa shape index (κ1) is 9.05. The van der Waals surface area contributed by atoms with Gasteiger partial charge in [0.05, 0.1) is 0 Å². The highest BCUT2D eigenvalue weighted by Crippen LogP contribution is 2.31. The van der Waals surface area contributed by atoms with Crippen molar-refractivity contribution in [3.63, 3.8) is 0 Å². The van der Waals surface area contributed by atoms with Crippen molar-refractivity contribution in [2.24, 2.45) is 17.6 Å². The highest BCUT2D eigenvalue weighted by Gasteiger charge is 2.25. The Morgan fingerprint density at radius 2 is 1.91 bits per heavy atom. The lowest BCUT2D eigenvalue weighted by molar-refractivity contribution is 0.228. The number of rotatable bonds is 2. The zero-order chi connectivity index (χ0) is 8.27. The number of nitrogens with two attached hydrogens (primary N) is 1. The Hall–Kier alpha value is -0.0400. The van der Waals surface area contributed by atoms with E-state index in [1.807, 2.05) is 0 Å². The fourth-order valence-electron chi connectivity index (χ4n) is 2.24. The van der Waals surface area contributed by atoms with E-state index in [0.29, 0.717) is 6.04 Å². The van der Waals surface area contributed by atoms with E-state index in [9.17, 15) is 0 Å². The summed E-state index contributed by atoms with van der Waals surface area (Å²) < 4.78 is 0. The Kier molecular flexibility index (Phi) is 3.38. The van der Waals surface area contributed by atoms with E-state index in [2.05, 4.69) is 13.8 Å². The third kappa shape index (κ3) is 2.19. The van der Waals surface area contributed by atoms with Crippen molar-refractivity contribution in [2.75, 3.05) is 0 Å². The largest absolute Gasteiger partial charge is 0.327 e. The van der Waals surface area contributed by atoms with Gasteiger partial charge in [-0.2, -0.15) is 0 Å². The fraction of sp³-hybridized carbons (Fsp3) is 1.00. The summed E-state index contributed by atoms with van der Waals surface area (Å²) >= 11 is 0. The molecule has 0 heterocycles. The number of hydrogen-bond acceptors (Lipinski definition) is 1. The van der Waals surface area contributed by atoms with Gasteiger partial charge in [0.2, 0.25) is 0 Å². The minimum atomic E-state index is 0.499. The van der Waals surface area contributed by atoms with Crippen LogP contribution in [0.2, 0.25) is 0 Å². The lowest BCUT2D eigenvalue weighted by atomic mass is 9.77. The van der Waals surface area contributed by atoms with E-state index in [-0.39, 0.29) is 0 Å². The van der Waals surface area contributed by atoms with Crippen molar-refractivity contribution >= 4 is 0 Å². The molecular weight excluding hydrogens is 134 g/mol. The van der Waals surface area contributed by atoms with Gasteiger partial charge in [0, 0.05) is 6.04 Å². The van der Waals surface area contributed by atoms with Crippen LogP contribution in [0.25, 0.3) is 0 Å². The molecule has 0 radical (unpaired) electrons. The predicted octanol–water partition coefficient (Wildman–Crippen LogP) is 2.55. The maximum absolute atomic E-state index is 6.06. The summed E-state index contributed by atoms with van der Waals surface area (Å²) in [6.07, 6.45) is 6.66. The maximum Gasteiger partial charge on any atom is 0.00696 e. The van der Waals surface area contributed by atoms with Crippen LogP contribution in [0.4, 0.5) is 0 Å². The third-order valence-electron chi connectivity index (χ3n) is 3.26. The molecule has 0 aromatic rings. The first-order valence-corrected chi connectivity index (χ1v) is 5.03. The van der Waals surface area contributed by atoms with Crippen LogP contribution >= 0.6 is 0 Å². The average Bonchev–Trinajstić information content (AvgIpc) is 2.04. The minimum absolute atomic E-state index is 0.499. The lowest BCUT2D eigenvalue weighted by Gasteiger charge is -2.32. The quantitative estimate of drug-likeness (QED) is 0.651. The van der Waals surface area contributed by atoms with E-state index in [1.165, 1.54) is 32.1 Å². The summed E-state index contributed by atoms with van der Waals surface area (Å²) in [5, 5.41) is 0. The van der Waals surface area contributed by atoms with Crippen LogP contribution in [-0.2, 0) is 0 Å². The highest BCUT2D eigenvalue weighted by atomic mass is 14.7. The van der Waals surface area contributed by atoms with Gasteiger partial charge in [-0.1, -0.05) is 33.1 Å². The van der Waals surface area contributed by atoms with E-state index in [4.69, 9.17) is 5.73 Å². The van der Waals surface area contributed by atoms with Crippen molar-refractivity contribution in [1.82, 2.24) is 0 Å². The molecule has 1 rings (SSSR count). The van der Waals surface area contributed by atoms with E-state index in [1.54, 1.807) is 0 Å². The van der Waals surface area contributed by atoms with Crippen LogP contribution in [-0.4, -0.2) is 6.04 Å². The summed E-state index contributed by atoms with van der Waals surface area (Å²) in [7, 11) is 0. The zero-order valence-electron chi connectivity index (χ0n) is 7.84. The van der Waals surface area contributed by atoms with Crippen LogP contribution in [0.3, 0.4) is 0 Å². The van der Waals surface area contributed by atoms with Crippen LogP contribution in [0.1, 0.15) is 46.0 Å². The third-order valence-corrected chi connectivity index (χ3v) is 3.26. The maximum atomic E-state index is 6.06. The van der Waals surface area contributed by atoms with Gasteiger partial charge in [-0.25, -0.2) is 0 Å². The molecule has 1 fully saturated rings. The molecule has 66 valence electrons. The van der Waals surface area contributed by atoms with Gasteiger partial charge < -0.3 is 5.73 Å². The summed E-state index contributed by atoms with van der Waals surface area (Å²) in [5.74, 6) is 1.74. The van der Waals surface area contributed by atoms with Gasteiger partial charge in [-0.3, -0.25) is 0 Å². The first-order valence-electron chi connectivity index (χ1n) is 5.03. The van der Waals surface area contributed by atoms with Gasteiger partial charge in [0.15, 0.2) is 0 Å². The van der Waals surface area contributed by atoms with Crippen molar-refractivity contribution < 1.29 is 0 Å². The van der Waals surface area contributed by atoms with Crippen LogP contribution in [0.15, 0.2) is 0 Å². The molecule has 1 aliphatic rings. The Labute approximate surface area is 70.4 Å². The van der Waals surface area contributed by atoms with Gasteiger partial charge in [-0.15, -0.1) is 0 Å². The molecule has 0 aromatic carbocycles. The van der Waals surface area contributed by atoms with E-state index < -0.39 is 0 Å². The van der Waals surface area contributed by atoms with Crippen LogP contribution in [0, 0.1) is 11.8 Å². The van der Waals surface area contributed by atoms with Gasteiger partial charge >= 0.3 is 0 Å². The van der Waals surface area contributed by atoms with Gasteiger partial charge in [0.1, 0.15) is 0 Å². The van der Waals surface area contributed by atoms with Crippen molar-refractivity contribution in [3.8, 4) is 0 Å². The standard InChI is InChI=1S/C10H21N/c1-3-8-5-6-9(4-2)10(11)7-8/h8-10H,3-7,11H2,1-2H3. The molecule has 1 heteroatoms. The second-order valence-corrected chi connectivity index (χ2v) is 3.92. The zero-order valence-corrected chi connectivity index (χ0v) is 7.84. The van der Waals surface area contributed by atoms with Crippen molar-refractivity contribution in [2.45, 2.75) is 52.0 Å². The minimum Gasteiger partial charge on any atom is -0.327 e.